The molecule has 1 aliphatic rings. The summed E-state index contributed by atoms with van der Waals surface area (Å²) in [7, 11) is 0. The Labute approximate surface area is 135 Å². The molecule has 1 atom stereocenters. The summed E-state index contributed by atoms with van der Waals surface area (Å²) < 4.78 is 1.26. The van der Waals surface area contributed by atoms with Crippen LogP contribution in [-0.2, 0) is 4.79 Å². The second-order valence-electron chi connectivity index (χ2n) is 6.02. The number of carbonyl (C=O) groups is 1. The van der Waals surface area contributed by atoms with E-state index < -0.39 is 6.04 Å². The van der Waals surface area contributed by atoms with E-state index in [0.29, 0.717) is 17.3 Å². The Morgan fingerprint density at radius 1 is 1.17 bits per heavy atom. The van der Waals surface area contributed by atoms with Crippen LogP contribution in [0.15, 0.2) is 29.1 Å². The summed E-state index contributed by atoms with van der Waals surface area (Å²) in [5.41, 5.74) is 0.316. The fourth-order valence-electron chi connectivity index (χ4n) is 3.16. The minimum absolute atomic E-state index is 0.0129. The fraction of sp³-hybridized carbons (Fsp3) is 0.529. The lowest BCUT2D eigenvalue weighted by molar-refractivity contribution is -0.135. The summed E-state index contributed by atoms with van der Waals surface area (Å²) in [5, 5.41) is 8.63. The van der Waals surface area contributed by atoms with Crippen molar-refractivity contribution < 1.29 is 4.79 Å². The first kappa shape index (κ1) is 15.6. The zero-order valence-electron chi connectivity index (χ0n) is 13.4. The monoisotopic (exact) mass is 314 g/mol. The molecule has 2 aromatic rings. The van der Waals surface area contributed by atoms with E-state index in [0.717, 1.165) is 38.8 Å². The molecule has 3 rings (SSSR count). The van der Waals surface area contributed by atoms with E-state index in [1.807, 2.05) is 17.9 Å². The number of likely N-dealkylation sites (tertiary alicyclic amines) is 1. The van der Waals surface area contributed by atoms with Crippen molar-refractivity contribution in [3.8, 4) is 0 Å². The molecule has 1 fully saturated rings. The van der Waals surface area contributed by atoms with Crippen LogP contribution in [0.2, 0.25) is 0 Å². The lowest BCUT2D eigenvalue weighted by Gasteiger charge is -2.25. The van der Waals surface area contributed by atoms with Crippen molar-refractivity contribution in [1.29, 1.82) is 0 Å². The molecule has 0 radical (unpaired) electrons. The Kier molecular flexibility index (Phi) is 4.69. The van der Waals surface area contributed by atoms with E-state index in [4.69, 9.17) is 0 Å². The second-order valence-corrected chi connectivity index (χ2v) is 6.02. The second kappa shape index (κ2) is 6.89. The summed E-state index contributed by atoms with van der Waals surface area (Å²) in [6.07, 6.45) is 4.91. The van der Waals surface area contributed by atoms with Crippen LogP contribution < -0.4 is 5.56 Å². The molecule has 122 valence electrons. The van der Waals surface area contributed by atoms with Crippen LogP contribution in [0, 0.1) is 0 Å². The van der Waals surface area contributed by atoms with Gasteiger partial charge in [-0.3, -0.25) is 9.59 Å². The third kappa shape index (κ3) is 3.11. The number of rotatable bonds is 3. The zero-order chi connectivity index (χ0) is 16.2. The highest BCUT2D eigenvalue weighted by atomic mass is 16.2. The lowest BCUT2D eigenvalue weighted by atomic mass is 10.1. The highest BCUT2D eigenvalue weighted by molar-refractivity contribution is 5.81. The van der Waals surface area contributed by atoms with E-state index in [1.54, 1.807) is 18.2 Å². The number of aromatic nitrogens is 3. The first-order chi connectivity index (χ1) is 11.2. The number of hydrogen-bond donors (Lipinski definition) is 0. The normalized spacial score (nSPS) is 17.0. The standard InChI is InChI=1S/C17H22N4O2/c1-2-15(17(23)20-11-7-3-4-8-12-20)21-16(22)13-9-5-6-10-14(13)18-19-21/h5-6,9-10,15H,2-4,7-8,11-12H2,1H3/t15-/m1/s1. The molecule has 0 bridgehead atoms. The van der Waals surface area contributed by atoms with Crippen LogP contribution >= 0.6 is 0 Å². The van der Waals surface area contributed by atoms with Gasteiger partial charge < -0.3 is 4.90 Å². The minimum Gasteiger partial charge on any atom is -0.341 e. The van der Waals surface area contributed by atoms with Gasteiger partial charge in [-0.1, -0.05) is 37.1 Å². The van der Waals surface area contributed by atoms with Crippen LogP contribution in [0.1, 0.15) is 45.1 Å². The fourth-order valence-corrected chi connectivity index (χ4v) is 3.16. The van der Waals surface area contributed by atoms with E-state index in [-0.39, 0.29) is 11.5 Å². The van der Waals surface area contributed by atoms with E-state index in [9.17, 15) is 9.59 Å². The highest BCUT2D eigenvalue weighted by Crippen LogP contribution is 2.17. The van der Waals surface area contributed by atoms with Gasteiger partial charge in [0.2, 0.25) is 5.91 Å². The summed E-state index contributed by atoms with van der Waals surface area (Å²) in [6.45, 7) is 3.44. The number of benzene rings is 1. The number of fused-ring (bicyclic) bond motifs is 1. The number of carbonyl (C=O) groups excluding carboxylic acids is 1. The molecule has 6 nitrogen and oxygen atoms in total. The summed E-state index contributed by atoms with van der Waals surface area (Å²) >= 11 is 0. The molecule has 1 amide bonds. The molecular formula is C17H22N4O2. The average Bonchev–Trinajstić information content (AvgIpc) is 2.87. The molecule has 2 heterocycles. The van der Waals surface area contributed by atoms with Crippen LogP contribution in [0.4, 0.5) is 0 Å². The Morgan fingerprint density at radius 3 is 2.57 bits per heavy atom. The molecule has 1 saturated heterocycles. The first-order valence-electron chi connectivity index (χ1n) is 8.35. The summed E-state index contributed by atoms with van der Waals surface area (Å²) in [5.74, 6) is -0.0129. The maximum atomic E-state index is 12.9. The quantitative estimate of drug-likeness (QED) is 0.870. The first-order valence-corrected chi connectivity index (χ1v) is 8.35. The van der Waals surface area contributed by atoms with Crippen molar-refractivity contribution in [2.24, 2.45) is 0 Å². The minimum atomic E-state index is -0.572. The SMILES string of the molecule is CC[C@H](C(=O)N1CCCCCC1)n1nnc2ccccc2c1=O. The molecule has 0 N–H and O–H groups in total. The third-order valence-corrected chi connectivity index (χ3v) is 4.48. The van der Waals surface area contributed by atoms with Crippen molar-refractivity contribution in [1.82, 2.24) is 19.9 Å². The van der Waals surface area contributed by atoms with E-state index in [2.05, 4.69) is 10.3 Å². The third-order valence-electron chi connectivity index (χ3n) is 4.48. The van der Waals surface area contributed by atoms with Gasteiger partial charge in [0, 0.05) is 13.1 Å². The largest absolute Gasteiger partial charge is 0.341 e. The molecule has 0 aliphatic carbocycles. The molecular weight excluding hydrogens is 292 g/mol. The van der Waals surface area contributed by atoms with Crippen LogP contribution in [0.3, 0.4) is 0 Å². The van der Waals surface area contributed by atoms with E-state index >= 15 is 0 Å². The Bertz CT molecular complexity index is 748. The number of amides is 1. The predicted molar refractivity (Wildman–Crippen MR) is 88.2 cm³/mol. The average molecular weight is 314 g/mol. The van der Waals surface area contributed by atoms with Crippen molar-refractivity contribution in [3.63, 3.8) is 0 Å². The Balaban J connectivity index is 1.95. The smallest absolute Gasteiger partial charge is 0.278 e. The van der Waals surface area contributed by atoms with Gasteiger partial charge in [-0.15, -0.1) is 5.10 Å². The Hall–Kier alpha value is -2.24. The molecule has 1 aromatic carbocycles. The van der Waals surface area contributed by atoms with Gasteiger partial charge in [0.25, 0.3) is 5.56 Å². The van der Waals surface area contributed by atoms with Crippen molar-refractivity contribution >= 4 is 16.8 Å². The molecule has 1 aromatic heterocycles. The number of hydrogen-bond acceptors (Lipinski definition) is 4. The highest BCUT2D eigenvalue weighted by Gasteiger charge is 2.27. The van der Waals surface area contributed by atoms with Gasteiger partial charge in [-0.25, -0.2) is 0 Å². The molecule has 1 aliphatic heterocycles. The number of nitrogens with zero attached hydrogens (tertiary/aromatic N) is 4. The topological polar surface area (TPSA) is 68.1 Å². The van der Waals surface area contributed by atoms with Crippen LogP contribution in [-0.4, -0.2) is 38.9 Å². The molecule has 0 spiro atoms. The van der Waals surface area contributed by atoms with Gasteiger partial charge in [0.05, 0.1) is 5.39 Å². The Morgan fingerprint density at radius 2 is 1.87 bits per heavy atom. The van der Waals surface area contributed by atoms with Gasteiger partial charge in [0.15, 0.2) is 0 Å². The predicted octanol–water partition coefficient (Wildman–Crippen LogP) is 2.15. The molecule has 6 heteroatoms. The van der Waals surface area contributed by atoms with Gasteiger partial charge in [-0.2, -0.15) is 4.68 Å². The molecule has 23 heavy (non-hydrogen) atoms. The van der Waals surface area contributed by atoms with Crippen molar-refractivity contribution in [2.75, 3.05) is 13.1 Å². The van der Waals surface area contributed by atoms with Crippen LogP contribution in [0.5, 0.6) is 0 Å². The van der Waals surface area contributed by atoms with Crippen LogP contribution in [0.25, 0.3) is 10.9 Å². The van der Waals surface area contributed by atoms with Crippen molar-refractivity contribution in [2.45, 2.75) is 45.1 Å². The maximum absolute atomic E-state index is 12.9. The van der Waals surface area contributed by atoms with Gasteiger partial charge in [0.1, 0.15) is 11.6 Å². The summed E-state index contributed by atoms with van der Waals surface area (Å²) in [4.78, 5) is 27.4. The van der Waals surface area contributed by atoms with Crippen molar-refractivity contribution in [3.05, 3.63) is 34.6 Å². The molecule has 0 saturated carbocycles. The van der Waals surface area contributed by atoms with Gasteiger partial charge >= 0.3 is 0 Å². The van der Waals surface area contributed by atoms with Gasteiger partial charge in [-0.05, 0) is 31.4 Å². The summed E-state index contributed by atoms with van der Waals surface area (Å²) in [6, 6.07) is 6.53. The lowest BCUT2D eigenvalue weighted by Crippen LogP contribution is -2.42. The zero-order valence-corrected chi connectivity index (χ0v) is 13.4. The molecule has 0 unspecified atom stereocenters. The van der Waals surface area contributed by atoms with E-state index in [1.165, 1.54) is 4.68 Å². The maximum Gasteiger partial charge on any atom is 0.278 e.